The van der Waals surface area contributed by atoms with Crippen molar-refractivity contribution in [3.8, 4) is 5.75 Å². The van der Waals surface area contributed by atoms with Crippen molar-refractivity contribution < 1.29 is 40.7 Å². The molecule has 1 N–H and O–H groups in total. The molecule has 0 atom stereocenters. The van der Waals surface area contributed by atoms with Crippen molar-refractivity contribution in [1.29, 1.82) is 0 Å². The number of benzene rings is 1. The van der Waals surface area contributed by atoms with Gasteiger partial charge in [0.05, 0.1) is 0 Å². The first-order valence-electron chi connectivity index (χ1n) is 2.74. The molecule has 0 spiro atoms. The van der Waals surface area contributed by atoms with Gasteiger partial charge in [0.1, 0.15) is 5.75 Å². The molecule has 1 aromatic rings. The summed E-state index contributed by atoms with van der Waals surface area (Å²) >= 11 is 4.07. The minimum Gasteiger partial charge on any atom is -1.00 e. The van der Waals surface area contributed by atoms with E-state index in [4.69, 9.17) is 5.02 Å². The molecule has 0 heterocycles. The Morgan fingerprint density at radius 3 is 2.36 bits per heavy atom. The van der Waals surface area contributed by atoms with Crippen LogP contribution in [0.25, 0.3) is 0 Å². The molecule has 53 valence electrons. The van der Waals surface area contributed by atoms with E-state index in [0.29, 0.717) is 13.4 Å². The van der Waals surface area contributed by atoms with Crippen molar-refractivity contribution in [1.82, 2.24) is 0 Å². The Bertz CT molecular complexity index is 209. The van der Waals surface area contributed by atoms with E-state index >= 15 is 0 Å². The van der Waals surface area contributed by atoms with E-state index in [1.165, 1.54) is 0 Å². The van der Waals surface area contributed by atoms with Gasteiger partial charge in [-0.25, -0.2) is 0 Å². The van der Waals surface area contributed by atoms with Gasteiger partial charge in [0.15, 0.2) is 0 Å². The Morgan fingerprint density at radius 1 is 1.36 bits per heavy atom. The van der Waals surface area contributed by atoms with Gasteiger partial charge in [-0.05, 0) is 24.3 Å². The van der Waals surface area contributed by atoms with Crippen LogP contribution in [0, 0.1) is 0 Å². The third kappa shape index (κ3) is 4.08. The molecule has 1 rings (SSSR count). The van der Waals surface area contributed by atoms with E-state index in [2.05, 4.69) is 17.3 Å². The van der Waals surface area contributed by atoms with E-state index in [0.717, 1.165) is 4.90 Å². The second kappa shape index (κ2) is 5.97. The molecule has 0 saturated heterocycles. The first-order chi connectivity index (χ1) is 4.83. The standard InChI is InChI=1S/C6H6BO2S.Na.H/c8-7-9-5-1-3-6(10)4-2-5;;/h1-4,8,10H;;/q;+1;-1. The molecule has 5 heteroatoms. The van der Waals surface area contributed by atoms with Gasteiger partial charge in [-0.15, -0.1) is 12.6 Å². The van der Waals surface area contributed by atoms with E-state index in [9.17, 15) is 0 Å². The maximum absolute atomic E-state index is 8.22. The summed E-state index contributed by atoms with van der Waals surface area (Å²) in [5.41, 5.74) is 0. The molecule has 11 heavy (non-hydrogen) atoms. The SMILES string of the molecule is O[B]Oc1ccc(S)cc1.[H-].[Na+]. The maximum atomic E-state index is 8.22. The van der Waals surface area contributed by atoms with Crippen LogP contribution in [-0.4, -0.2) is 12.7 Å². The molecule has 1 radical (unpaired) electrons. The molecule has 0 aliphatic carbocycles. The van der Waals surface area contributed by atoms with Gasteiger partial charge in [0, 0.05) is 4.90 Å². The third-order valence-electron chi connectivity index (χ3n) is 1.03. The zero-order valence-electron chi connectivity index (χ0n) is 7.19. The van der Waals surface area contributed by atoms with Crippen LogP contribution in [-0.2, 0) is 0 Å². The summed E-state index contributed by atoms with van der Waals surface area (Å²) < 4.78 is 4.66. The van der Waals surface area contributed by atoms with Crippen molar-refractivity contribution in [2.24, 2.45) is 0 Å². The summed E-state index contributed by atoms with van der Waals surface area (Å²) in [4.78, 5) is 0.866. The van der Waals surface area contributed by atoms with Crippen molar-refractivity contribution >= 4 is 20.3 Å². The second-order valence-electron chi connectivity index (χ2n) is 1.72. The van der Waals surface area contributed by atoms with E-state index in [-0.39, 0.29) is 31.0 Å². The molecule has 2 nitrogen and oxygen atoms in total. The topological polar surface area (TPSA) is 29.5 Å². The van der Waals surface area contributed by atoms with E-state index < -0.39 is 0 Å². The fraction of sp³-hybridized carbons (Fsp3) is 0. The Kier molecular flexibility index (Phi) is 6.19. The maximum Gasteiger partial charge on any atom is 1.00 e. The largest absolute Gasteiger partial charge is 1.00 e. The average Bonchev–Trinajstić information content (AvgIpc) is 1.95. The molecule has 0 saturated carbocycles. The molecule has 0 aromatic heterocycles. The van der Waals surface area contributed by atoms with Gasteiger partial charge in [0.25, 0.3) is 0 Å². The predicted molar refractivity (Wildman–Crippen MR) is 43.4 cm³/mol. The van der Waals surface area contributed by atoms with Crippen LogP contribution >= 0.6 is 12.6 Å². The zero-order valence-corrected chi connectivity index (χ0v) is 9.08. The predicted octanol–water partition coefficient (Wildman–Crippen LogP) is -2.00. The van der Waals surface area contributed by atoms with Gasteiger partial charge in [-0.3, -0.25) is 0 Å². The van der Waals surface area contributed by atoms with Gasteiger partial charge in [0.2, 0.25) is 0 Å². The number of rotatable bonds is 2. The van der Waals surface area contributed by atoms with Gasteiger partial charge in [-0.2, -0.15) is 0 Å². The van der Waals surface area contributed by atoms with Gasteiger partial charge < -0.3 is 11.1 Å². The van der Waals surface area contributed by atoms with Crippen LogP contribution in [0.3, 0.4) is 0 Å². The van der Waals surface area contributed by atoms with Gasteiger partial charge in [-0.1, -0.05) is 0 Å². The summed E-state index contributed by atoms with van der Waals surface area (Å²) in [5, 5.41) is 8.22. The molecule has 0 bridgehead atoms. The van der Waals surface area contributed by atoms with Crippen molar-refractivity contribution in [2.75, 3.05) is 0 Å². The summed E-state index contributed by atoms with van der Waals surface area (Å²) in [6, 6.07) is 6.99. The number of hydrogen-bond acceptors (Lipinski definition) is 3. The molecule has 0 aliphatic heterocycles. The molecule has 0 fully saturated rings. The Morgan fingerprint density at radius 2 is 1.91 bits per heavy atom. The molecule has 1 aromatic carbocycles. The summed E-state index contributed by atoms with van der Waals surface area (Å²) in [6.45, 7) is 0. The van der Waals surface area contributed by atoms with Crippen molar-refractivity contribution in [3.63, 3.8) is 0 Å². The van der Waals surface area contributed by atoms with Gasteiger partial charge >= 0.3 is 37.2 Å². The fourth-order valence-electron chi connectivity index (χ4n) is 0.586. The Balaban J connectivity index is 0. The second-order valence-corrected chi connectivity index (χ2v) is 2.23. The number of hydrogen-bond donors (Lipinski definition) is 2. The number of thiol groups is 1. The Hall–Kier alpha value is 0.395. The molecule has 0 unspecified atom stereocenters. The van der Waals surface area contributed by atoms with E-state index in [1.807, 2.05) is 0 Å². The minimum absolute atomic E-state index is 0. The first-order valence-corrected chi connectivity index (χ1v) is 3.19. The third-order valence-corrected chi connectivity index (χ3v) is 1.32. The summed E-state index contributed by atoms with van der Waals surface area (Å²) in [5.74, 6) is 0.598. The van der Waals surface area contributed by atoms with Crippen LogP contribution < -0.4 is 34.2 Å². The molecular formula is C6H7BNaO2S. The monoisotopic (exact) mass is 177 g/mol. The molecular weight excluding hydrogens is 170 g/mol. The zero-order chi connectivity index (χ0) is 7.40. The van der Waals surface area contributed by atoms with Crippen molar-refractivity contribution in [2.45, 2.75) is 4.90 Å². The molecule has 0 amide bonds. The normalized spacial score (nSPS) is 8.18. The summed E-state index contributed by atoms with van der Waals surface area (Å²) in [6.07, 6.45) is 0. The van der Waals surface area contributed by atoms with Crippen LogP contribution in [0.15, 0.2) is 29.2 Å². The average molecular weight is 177 g/mol. The Labute approximate surface area is 95.4 Å². The van der Waals surface area contributed by atoms with Crippen LogP contribution in [0.4, 0.5) is 0 Å². The van der Waals surface area contributed by atoms with Crippen molar-refractivity contribution in [3.05, 3.63) is 24.3 Å². The summed E-state index contributed by atoms with van der Waals surface area (Å²) in [7, 11) is 0.646. The minimum atomic E-state index is 0. The van der Waals surface area contributed by atoms with Crippen LogP contribution in [0.5, 0.6) is 5.75 Å². The fourth-order valence-corrected chi connectivity index (χ4v) is 0.735. The van der Waals surface area contributed by atoms with E-state index in [1.54, 1.807) is 24.3 Å². The first kappa shape index (κ1) is 11.4. The quantitative estimate of drug-likeness (QED) is 0.404. The van der Waals surface area contributed by atoms with Crippen LogP contribution in [0.2, 0.25) is 0 Å². The molecule has 0 aliphatic rings. The smallest absolute Gasteiger partial charge is 1.00 e. The van der Waals surface area contributed by atoms with Crippen LogP contribution in [0.1, 0.15) is 1.43 Å².